The summed E-state index contributed by atoms with van der Waals surface area (Å²) in [6, 6.07) is 14.2. The van der Waals surface area contributed by atoms with Crippen molar-refractivity contribution < 1.29 is 9.13 Å². The number of aryl methyl sites for hydroxylation is 1. The Hall–Kier alpha value is -2.86. The predicted octanol–water partition coefficient (Wildman–Crippen LogP) is 3.82. The second-order valence-corrected chi connectivity index (χ2v) is 6.47. The van der Waals surface area contributed by atoms with Crippen LogP contribution in [0.25, 0.3) is 11.5 Å². The number of anilines is 1. The van der Waals surface area contributed by atoms with Gasteiger partial charge in [-0.25, -0.2) is 14.4 Å². The summed E-state index contributed by atoms with van der Waals surface area (Å²) in [5, 5.41) is 0. The molecule has 5 nitrogen and oxygen atoms in total. The van der Waals surface area contributed by atoms with Crippen LogP contribution in [-0.2, 0) is 11.2 Å². The summed E-state index contributed by atoms with van der Waals surface area (Å²) in [7, 11) is 0. The molecule has 0 spiro atoms. The molecule has 0 bridgehead atoms. The molecule has 4 rings (SSSR count). The Morgan fingerprint density at radius 3 is 2.74 bits per heavy atom. The summed E-state index contributed by atoms with van der Waals surface area (Å²) in [5.74, 6) is 1.27. The topological polar surface area (TPSA) is 51.1 Å². The number of hydrogen-bond acceptors (Lipinski definition) is 5. The van der Waals surface area contributed by atoms with Gasteiger partial charge in [-0.1, -0.05) is 25.1 Å². The zero-order valence-electron chi connectivity index (χ0n) is 15.2. The molecule has 0 radical (unpaired) electrons. The van der Waals surface area contributed by atoms with E-state index in [1.165, 1.54) is 12.1 Å². The van der Waals surface area contributed by atoms with Crippen LogP contribution in [0.1, 0.15) is 24.3 Å². The van der Waals surface area contributed by atoms with E-state index in [4.69, 9.17) is 9.72 Å². The van der Waals surface area contributed by atoms with Crippen LogP contribution in [0.5, 0.6) is 0 Å². The molecule has 0 aliphatic carbocycles. The first-order valence-electron chi connectivity index (χ1n) is 9.14. The molecule has 1 unspecified atom stereocenters. The molecular formula is C21H21FN4O. The van der Waals surface area contributed by atoms with Crippen molar-refractivity contribution in [2.24, 2.45) is 0 Å². The largest absolute Gasteiger partial charge is 0.370 e. The van der Waals surface area contributed by atoms with E-state index in [0.29, 0.717) is 19.0 Å². The fourth-order valence-electron chi connectivity index (χ4n) is 3.17. The van der Waals surface area contributed by atoms with Gasteiger partial charge in [0.25, 0.3) is 0 Å². The fourth-order valence-corrected chi connectivity index (χ4v) is 3.17. The number of benzene rings is 1. The number of rotatable bonds is 4. The molecule has 1 aromatic carbocycles. The van der Waals surface area contributed by atoms with Gasteiger partial charge >= 0.3 is 0 Å². The first-order chi connectivity index (χ1) is 13.2. The Balaban J connectivity index is 1.63. The van der Waals surface area contributed by atoms with Crippen molar-refractivity contribution in [1.29, 1.82) is 0 Å². The number of morpholine rings is 1. The first kappa shape index (κ1) is 17.5. The number of halogens is 1. The molecule has 0 amide bonds. The van der Waals surface area contributed by atoms with Crippen molar-refractivity contribution in [2.45, 2.75) is 19.4 Å². The van der Waals surface area contributed by atoms with E-state index in [9.17, 15) is 4.39 Å². The van der Waals surface area contributed by atoms with E-state index in [-0.39, 0.29) is 11.9 Å². The minimum atomic E-state index is -0.241. The lowest BCUT2D eigenvalue weighted by molar-refractivity contribution is 0.0395. The van der Waals surface area contributed by atoms with Crippen LogP contribution in [0.4, 0.5) is 10.2 Å². The van der Waals surface area contributed by atoms with E-state index < -0.39 is 0 Å². The quantitative estimate of drug-likeness (QED) is 0.704. The first-order valence-corrected chi connectivity index (χ1v) is 9.14. The third kappa shape index (κ3) is 3.95. The third-order valence-electron chi connectivity index (χ3n) is 4.65. The maximum absolute atomic E-state index is 13.2. The SMILES string of the molecule is CCc1cc(N2CCOC(c3ccc(F)cc3)C2)nc(-c2ccccn2)n1. The molecule has 0 N–H and O–H groups in total. The Kier molecular flexibility index (Phi) is 5.07. The molecule has 2 aromatic heterocycles. The van der Waals surface area contributed by atoms with Gasteiger partial charge in [0.2, 0.25) is 0 Å². The number of aromatic nitrogens is 3. The summed E-state index contributed by atoms with van der Waals surface area (Å²) >= 11 is 0. The van der Waals surface area contributed by atoms with Gasteiger partial charge in [-0.3, -0.25) is 4.98 Å². The second-order valence-electron chi connectivity index (χ2n) is 6.47. The van der Waals surface area contributed by atoms with E-state index in [0.717, 1.165) is 35.7 Å². The van der Waals surface area contributed by atoms with Crippen LogP contribution in [0.2, 0.25) is 0 Å². The minimum absolute atomic E-state index is 0.113. The highest BCUT2D eigenvalue weighted by molar-refractivity contribution is 5.54. The average Bonchev–Trinajstić information content (AvgIpc) is 2.74. The molecule has 1 saturated heterocycles. The van der Waals surface area contributed by atoms with E-state index in [1.54, 1.807) is 18.3 Å². The van der Waals surface area contributed by atoms with Crippen molar-refractivity contribution in [1.82, 2.24) is 15.0 Å². The van der Waals surface area contributed by atoms with Crippen LogP contribution in [-0.4, -0.2) is 34.6 Å². The van der Waals surface area contributed by atoms with Gasteiger partial charge in [0, 0.05) is 31.0 Å². The summed E-state index contributed by atoms with van der Waals surface area (Å²) in [6.07, 6.45) is 2.45. The molecule has 1 aliphatic rings. The standard InChI is InChI=1S/C21H21FN4O/c1-2-17-13-20(25-21(24-17)18-5-3-4-10-23-18)26-11-12-27-19(14-26)15-6-8-16(22)9-7-15/h3-10,13,19H,2,11-12,14H2,1H3. The third-order valence-corrected chi connectivity index (χ3v) is 4.65. The number of pyridine rings is 1. The highest BCUT2D eigenvalue weighted by Crippen LogP contribution is 2.27. The predicted molar refractivity (Wildman–Crippen MR) is 102 cm³/mol. The molecular weight excluding hydrogens is 343 g/mol. The fraction of sp³-hybridized carbons (Fsp3) is 0.286. The van der Waals surface area contributed by atoms with Gasteiger partial charge in [-0.15, -0.1) is 0 Å². The van der Waals surface area contributed by atoms with E-state index in [2.05, 4.69) is 21.8 Å². The summed E-state index contributed by atoms with van der Waals surface area (Å²) in [5.41, 5.74) is 2.71. The van der Waals surface area contributed by atoms with Crippen LogP contribution in [0.3, 0.4) is 0 Å². The molecule has 138 valence electrons. The van der Waals surface area contributed by atoms with Crippen molar-refractivity contribution in [3.05, 3.63) is 71.8 Å². The molecule has 6 heteroatoms. The number of ether oxygens (including phenoxy) is 1. The molecule has 1 fully saturated rings. The van der Waals surface area contributed by atoms with Crippen LogP contribution < -0.4 is 4.90 Å². The Morgan fingerprint density at radius 2 is 2.00 bits per heavy atom. The van der Waals surface area contributed by atoms with Crippen LogP contribution in [0.15, 0.2) is 54.7 Å². The Bertz CT molecular complexity index is 902. The molecule has 1 atom stereocenters. The van der Waals surface area contributed by atoms with Gasteiger partial charge in [0.1, 0.15) is 23.4 Å². The van der Waals surface area contributed by atoms with Crippen molar-refractivity contribution in [2.75, 3.05) is 24.6 Å². The van der Waals surface area contributed by atoms with Crippen molar-refractivity contribution in [3.63, 3.8) is 0 Å². The van der Waals surface area contributed by atoms with E-state index >= 15 is 0 Å². The summed E-state index contributed by atoms with van der Waals surface area (Å²) in [6.45, 7) is 4.08. The molecule has 0 saturated carbocycles. The molecule has 1 aliphatic heterocycles. The van der Waals surface area contributed by atoms with Crippen LogP contribution >= 0.6 is 0 Å². The maximum Gasteiger partial charge on any atom is 0.180 e. The van der Waals surface area contributed by atoms with Gasteiger partial charge in [-0.05, 0) is 36.2 Å². The second kappa shape index (κ2) is 7.80. The average molecular weight is 364 g/mol. The van der Waals surface area contributed by atoms with Gasteiger partial charge < -0.3 is 9.64 Å². The lowest BCUT2D eigenvalue weighted by Gasteiger charge is -2.34. The minimum Gasteiger partial charge on any atom is -0.370 e. The number of nitrogens with zero attached hydrogens (tertiary/aromatic N) is 4. The normalized spacial score (nSPS) is 17.1. The van der Waals surface area contributed by atoms with Crippen molar-refractivity contribution in [3.8, 4) is 11.5 Å². The smallest absolute Gasteiger partial charge is 0.180 e. The zero-order valence-corrected chi connectivity index (χ0v) is 15.2. The highest BCUT2D eigenvalue weighted by atomic mass is 19.1. The van der Waals surface area contributed by atoms with Gasteiger partial charge in [0.05, 0.1) is 6.61 Å². The monoisotopic (exact) mass is 364 g/mol. The van der Waals surface area contributed by atoms with E-state index in [1.807, 2.05) is 24.3 Å². The molecule has 27 heavy (non-hydrogen) atoms. The number of hydrogen-bond donors (Lipinski definition) is 0. The van der Waals surface area contributed by atoms with Crippen molar-refractivity contribution >= 4 is 5.82 Å². The summed E-state index contributed by atoms with van der Waals surface area (Å²) in [4.78, 5) is 16.0. The Labute approximate surface area is 157 Å². The lowest BCUT2D eigenvalue weighted by atomic mass is 10.1. The van der Waals surface area contributed by atoms with Gasteiger partial charge in [-0.2, -0.15) is 0 Å². The maximum atomic E-state index is 13.2. The summed E-state index contributed by atoms with van der Waals surface area (Å²) < 4.78 is 19.1. The molecule has 3 heterocycles. The Morgan fingerprint density at radius 1 is 1.15 bits per heavy atom. The van der Waals surface area contributed by atoms with Gasteiger partial charge in [0.15, 0.2) is 5.82 Å². The lowest BCUT2D eigenvalue weighted by Crippen LogP contribution is -2.39. The zero-order chi connectivity index (χ0) is 18.6. The highest BCUT2D eigenvalue weighted by Gasteiger charge is 2.24. The van der Waals surface area contributed by atoms with Crippen LogP contribution in [0, 0.1) is 5.82 Å². The molecule has 3 aromatic rings.